The molecular formula is C22H30N4O. The van der Waals surface area contributed by atoms with Crippen molar-refractivity contribution in [3.8, 4) is 0 Å². The lowest BCUT2D eigenvalue weighted by Gasteiger charge is -2.37. The predicted octanol–water partition coefficient (Wildman–Crippen LogP) is 3.16. The Bertz CT molecular complexity index is 728. The third kappa shape index (κ3) is 4.59. The van der Waals surface area contributed by atoms with Gasteiger partial charge in [-0.2, -0.15) is 0 Å². The smallest absolute Gasteiger partial charge is 0.225 e. The fourth-order valence-electron chi connectivity index (χ4n) is 4.35. The van der Waals surface area contributed by atoms with Crippen LogP contribution in [0.3, 0.4) is 0 Å². The SMILES string of the molecule is O=C(C1CCCCC1)N1CCN(Cc2nccn2Cc2ccccc2)CC1. The summed E-state index contributed by atoms with van der Waals surface area (Å²) < 4.78 is 2.23. The molecule has 0 N–H and O–H groups in total. The summed E-state index contributed by atoms with van der Waals surface area (Å²) in [6.07, 6.45) is 9.88. The van der Waals surface area contributed by atoms with Gasteiger partial charge in [0.1, 0.15) is 5.82 Å². The Morgan fingerprint density at radius 1 is 0.963 bits per heavy atom. The Labute approximate surface area is 162 Å². The van der Waals surface area contributed by atoms with E-state index in [0.29, 0.717) is 5.91 Å². The van der Waals surface area contributed by atoms with Crippen molar-refractivity contribution in [3.05, 3.63) is 54.1 Å². The van der Waals surface area contributed by atoms with Crippen molar-refractivity contribution in [2.75, 3.05) is 26.2 Å². The molecule has 2 aliphatic rings. The van der Waals surface area contributed by atoms with Gasteiger partial charge >= 0.3 is 0 Å². The van der Waals surface area contributed by atoms with Crippen molar-refractivity contribution < 1.29 is 4.79 Å². The van der Waals surface area contributed by atoms with Gasteiger partial charge in [0.15, 0.2) is 0 Å². The number of rotatable bonds is 5. The molecule has 5 nitrogen and oxygen atoms in total. The van der Waals surface area contributed by atoms with Crippen molar-refractivity contribution in [2.45, 2.75) is 45.2 Å². The molecule has 1 saturated heterocycles. The largest absolute Gasteiger partial charge is 0.340 e. The van der Waals surface area contributed by atoms with Crippen LogP contribution in [0.2, 0.25) is 0 Å². The molecule has 0 unspecified atom stereocenters. The summed E-state index contributed by atoms with van der Waals surface area (Å²) in [5.74, 6) is 1.79. The Balaban J connectivity index is 1.30. The molecule has 2 fully saturated rings. The molecule has 144 valence electrons. The van der Waals surface area contributed by atoms with E-state index in [-0.39, 0.29) is 5.92 Å². The number of benzene rings is 1. The van der Waals surface area contributed by atoms with Gasteiger partial charge in [0.25, 0.3) is 0 Å². The number of hydrogen-bond donors (Lipinski definition) is 0. The summed E-state index contributed by atoms with van der Waals surface area (Å²) in [4.78, 5) is 21.8. The number of nitrogens with zero attached hydrogens (tertiary/aromatic N) is 4. The zero-order chi connectivity index (χ0) is 18.5. The van der Waals surface area contributed by atoms with Crippen molar-refractivity contribution >= 4 is 5.91 Å². The number of carbonyl (C=O) groups excluding carboxylic acids is 1. The van der Waals surface area contributed by atoms with Crippen LogP contribution in [0.5, 0.6) is 0 Å². The van der Waals surface area contributed by atoms with E-state index in [2.05, 4.69) is 49.8 Å². The highest BCUT2D eigenvalue weighted by Crippen LogP contribution is 2.26. The first-order valence-corrected chi connectivity index (χ1v) is 10.3. The van der Waals surface area contributed by atoms with Gasteiger partial charge in [-0.3, -0.25) is 9.69 Å². The maximum absolute atomic E-state index is 12.7. The highest BCUT2D eigenvalue weighted by Gasteiger charge is 2.28. The van der Waals surface area contributed by atoms with E-state index in [4.69, 9.17) is 0 Å². The Hall–Kier alpha value is -2.14. The first-order chi connectivity index (χ1) is 13.3. The summed E-state index contributed by atoms with van der Waals surface area (Å²) in [6, 6.07) is 10.5. The first kappa shape index (κ1) is 18.2. The summed E-state index contributed by atoms with van der Waals surface area (Å²) in [6.45, 7) is 5.30. The van der Waals surface area contributed by atoms with Crippen LogP contribution in [0.1, 0.15) is 43.5 Å². The van der Waals surface area contributed by atoms with Crippen LogP contribution < -0.4 is 0 Å². The predicted molar refractivity (Wildman–Crippen MR) is 106 cm³/mol. The first-order valence-electron chi connectivity index (χ1n) is 10.3. The molecule has 4 rings (SSSR count). The number of piperazine rings is 1. The molecule has 0 spiro atoms. The molecule has 2 heterocycles. The lowest BCUT2D eigenvalue weighted by Crippen LogP contribution is -2.50. The van der Waals surface area contributed by atoms with E-state index in [1.807, 2.05) is 12.3 Å². The summed E-state index contributed by atoms with van der Waals surface area (Å²) >= 11 is 0. The lowest BCUT2D eigenvalue weighted by atomic mass is 9.88. The maximum Gasteiger partial charge on any atom is 0.225 e. The van der Waals surface area contributed by atoms with Crippen LogP contribution in [0.25, 0.3) is 0 Å². The lowest BCUT2D eigenvalue weighted by molar-refractivity contribution is -0.138. The van der Waals surface area contributed by atoms with Crippen molar-refractivity contribution in [1.29, 1.82) is 0 Å². The Morgan fingerprint density at radius 3 is 2.44 bits per heavy atom. The second kappa shape index (κ2) is 8.70. The topological polar surface area (TPSA) is 41.4 Å². The maximum atomic E-state index is 12.7. The molecule has 5 heteroatoms. The van der Waals surface area contributed by atoms with Crippen molar-refractivity contribution in [3.63, 3.8) is 0 Å². The number of carbonyl (C=O) groups is 1. The van der Waals surface area contributed by atoms with Crippen LogP contribution in [0.15, 0.2) is 42.7 Å². The van der Waals surface area contributed by atoms with Crippen molar-refractivity contribution in [1.82, 2.24) is 19.4 Å². The highest BCUT2D eigenvalue weighted by atomic mass is 16.2. The van der Waals surface area contributed by atoms with Gasteiger partial charge in [0.05, 0.1) is 6.54 Å². The molecule has 1 saturated carbocycles. The van der Waals surface area contributed by atoms with Gasteiger partial charge in [-0.25, -0.2) is 4.98 Å². The van der Waals surface area contributed by atoms with E-state index < -0.39 is 0 Å². The number of hydrogen-bond acceptors (Lipinski definition) is 3. The molecule has 1 aromatic heterocycles. The van der Waals surface area contributed by atoms with Gasteiger partial charge in [-0.1, -0.05) is 49.6 Å². The zero-order valence-electron chi connectivity index (χ0n) is 16.1. The average Bonchev–Trinajstić information content (AvgIpc) is 3.16. The van der Waals surface area contributed by atoms with Crippen LogP contribution in [0, 0.1) is 5.92 Å². The standard InChI is InChI=1S/C22H30N4O/c27-22(20-9-5-2-6-10-20)25-15-13-24(14-16-25)18-21-23-11-12-26(21)17-19-7-3-1-4-8-19/h1,3-4,7-8,11-12,20H,2,5-6,9-10,13-18H2. The van der Waals surface area contributed by atoms with E-state index in [1.165, 1.54) is 24.8 Å². The summed E-state index contributed by atoms with van der Waals surface area (Å²) in [5, 5.41) is 0. The molecule has 1 amide bonds. The highest BCUT2D eigenvalue weighted by molar-refractivity contribution is 5.79. The molecule has 1 aromatic carbocycles. The van der Waals surface area contributed by atoms with Crippen LogP contribution >= 0.6 is 0 Å². The van der Waals surface area contributed by atoms with E-state index in [9.17, 15) is 4.79 Å². The fourth-order valence-corrected chi connectivity index (χ4v) is 4.35. The van der Waals surface area contributed by atoms with Crippen molar-refractivity contribution in [2.24, 2.45) is 5.92 Å². The van der Waals surface area contributed by atoms with E-state index >= 15 is 0 Å². The second-order valence-electron chi connectivity index (χ2n) is 7.89. The molecule has 27 heavy (non-hydrogen) atoms. The van der Waals surface area contributed by atoms with E-state index in [1.54, 1.807) is 0 Å². The molecule has 0 atom stereocenters. The molecule has 2 aromatic rings. The van der Waals surface area contributed by atoms with E-state index in [0.717, 1.165) is 57.9 Å². The summed E-state index contributed by atoms with van der Waals surface area (Å²) in [7, 11) is 0. The Morgan fingerprint density at radius 2 is 1.70 bits per heavy atom. The Kier molecular flexibility index (Phi) is 5.87. The fraction of sp³-hybridized carbons (Fsp3) is 0.545. The van der Waals surface area contributed by atoms with Crippen LogP contribution in [-0.4, -0.2) is 51.4 Å². The molecular weight excluding hydrogens is 336 g/mol. The van der Waals surface area contributed by atoms with Gasteiger partial charge in [0, 0.05) is 51.0 Å². The molecule has 0 bridgehead atoms. The molecule has 1 aliphatic heterocycles. The number of aromatic nitrogens is 2. The molecule has 1 aliphatic carbocycles. The number of amides is 1. The van der Waals surface area contributed by atoms with Gasteiger partial charge in [-0.15, -0.1) is 0 Å². The monoisotopic (exact) mass is 366 g/mol. The zero-order valence-corrected chi connectivity index (χ0v) is 16.1. The van der Waals surface area contributed by atoms with Gasteiger partial charge in [0.2, 0.25) is 5.91 Å². The number of imidazole rings is 1. The minimum absolute atomic E-state index is 0.287. The third-order valence-electron chi connectivity index (χ3n) is 6.00. The van der Waals surface area contributed by atoms with Crippen LogP contribution in [-0.2, 0) is 17.9 Å². The minimum atomic E-state index is 0.287. The molecule has 0 radical (unpaired) electrons. The average molecular weight is 367 g/mol. The normalized spacial score (nSPS) is 19.3. The second-order valence-corrected chi connectivity index (χ2v) is 7.89. The van der Waals surface area contributed by atoms with Gasteiger partial charge < -0.3 is 9.47 Å². The summed E-state index contributed by atoms with van der Waals surface area (Å²) in [5.41, 5.74) is 1.29. The third-order valence-corrected chi connectivity index (χ3v) is 6.00. The van der Waals surface area contributed by atoms with Crippen LogP contribution in [0.4, 0.5) is 0 Å². The minimum Gasteiger partial charge on any atom is -0.340 e. The van der Waals surface area contributed by atoms with Gasteiger partial charge in [-0.05, 0) is 18.4 Å². The quantitative estimate of drug-likeness (QED) is 0.816.